The van der Waals surface area contributed by atoms with Crippen LogP contribution >= 0.6 is 51.6 Å². The summed E-state index contributed by atoms with van der Waals surface area (Å²) in [7, 11) is 1.54. The molecule has 0 radical (unpaired) electrons. The Labute approximate surface area is 251 Å². The standard InChI is InChI=1S/C25H26Cl2IN8O2P/c1-13(22-17(26)8-33-9-18(22)27)38-21-4-16(19(35-39-28)5-20(21)37-2)23(31)15-3-14(6-29)24(34-7-15)36-11-25(32,10-30)12-36/h3-5,7-9,13,31,35,39H,10-12,30,32H2,1-2H3/t13-/m1/s1. The molecule has 3 aromatic rings. The van der Waals surface area contributed by atoms with E-state index in [1.54, 1.807) is 31.5 Å². The van der Waals surface area contributed by atoms with E-state index in [1.807, 2.05) is 11.8 Å². The van der Waals surface area contributed by atoms with Crippen molar-refractivity contribution in [3.63, 3.8) is 0 Å². The predicted molar refractivity (Wildman–Crippen MR) is 165 cm³/mol. The molecular weight excluding hydrogens is 673 g/mol. The third-order valence-corrected chi connectivity index (χ3v) is 8.12. The first-order chi connectivity index (χ1) is 18.6. The molecule has 14 heteroatoms. The van der Waals surface area contributed by atoms with Crippen molar-refractivity contribution in [1.82, 2.24) is 9.97 Å². The number of pyridine rings is 2. The van der Waals surface area contributed by atoms with Crippen molar-refractivity contribution >= 4 is 68.8 Å². The number of nitriles is 1. The van der Waals surface area contributed by atoms with Gasteiger partial charge >= 0.3 is 0 Å². The van der Waals surface area contributed by atoms with Gasteiger partial charge in [0, 0.05) is 67.4 Å². The Hall–Kier alpha value is -2.46. The maximum absolute atomic E-state index is 9.84. The molecular formula is C25H26Cl2IN8O2P. The molecule has 1 unspecified atom stereocenters. The van der Waals surface area contributed by atoms with E-state index in [1.165, 1.54) is 12.4 Å². The zero-order valence-corrected chi connectivity index (χ0v) is 25.7. The SMILES string of the molecule is COc1cc(NPI)c(C(=N)c2cnc(N3CC(N)(CN)C3)c(C#N)c2)cc1O[C@H](C)c1c(Cl)cncc1Cl. The lowest BCUT2D eigenvalue weighted by Gasteiger charge is -2.47. The van der Waals surface area contributed by atoms with Gasteiger partial charge in [0.05, 0.1) is 39.7 Å². The van der Waals surface area contributed by atoms with E-state index in [-0.39, 0.29) is 5.71 Å². The Balaban J connectivity index is 1.70. The number of hydrogen-bond acceptors (Lipinski definition) is 10. The predicted octanol–water partition coefficient (Wildman–Crippen LogP) is 5.05. The number of nitrogens with one attached hydrogen (secondary N) is 2. The molecule has 1 aliphatic rings. The van der Waals surface area contributed by atoms with Gasteiger partial charge in [0.1, 0.15) is 18.0 Å². The van der Waals surface area contributed by atoms with Crippen molar-refractivity contribution in [2.45, 2.75) is 18.6 Å². The van der Waals surface area contributed by atoms with Crippen LogP contribution in [0, 0.1) is 16.7 Å². The van der Waals surface area contributed by atoms with Crippen molar-refractivity contribution in [3.05, 3.63) is 69.1 Å². The normalized spacial score (nSPS) is 15.0. The van der Waals surface area contributed by atoms with Crippen LogP contribution in [0.2, 0.25) is 10.0 Å². The number of ether oxygens (including phenoxy) is 2. The second-order valence-electron chi connectivity index (χ2n) is 9.05. The number of halogens is 3. The third kappa shape index (κ3) is 6.16. The van der Waals surface area contributed by atoms with E-state index in [2.05, 4.69) is 43.2 Å². The van der Waals surface area contributed by atoms with Crippen molar-refractivity contribution in [2.75, 3.05) is 36.7 Å². The molecule has 1 aromatic carbocycles. The Morgan fingerprint density at radius 2 is 1.97 bits per heavy atom. The Morgan fingerprint density at radius 1 is 1.28 bits per heavy atom. The first-order valence-corrected chi connectivity index (χ1v) is 16.5. The number of hydrogen-bond donors (Lipinski definition) is 4. The number of nitrogens with zero attached hydrogens (tertiary/aromatic N) is 4. The minimum atomic E-state index is -0.542. The zero-order valence-electron chi connectivity index (χ0n) is 21.1. The number of nitrogens with two attached hydrogens (primary N) is 2. The van der Waals surface area contributed by atoms with Crippen LogP contribution < -0.4 is 30.9 Å². The largest absolute Gasteiger partial charge is 0.493 e. The van der Waals surface area contributed by atoms with Gasteiger partial charge in [-0.3, -0.25) is 10.4 Å². The second-order valence-corrected chi connectivity index (χ2v) is 11.9. The number of aromatic nitrogens is 2. The lowest BCUT2D eigenvalue weighted by atomic mass is 9.90. The summed E-state index contributed by atoms with van der Waals surface area (Å²) < 4.78 is 11.8. The van der Waals surface area contributed by atoms with E-state index >= 15 is 0 Å². The van der Waals surface area contributed by atoms with Gasteiger partial charge in [-0.2, -0.15) is 5.26 Å². The molecule has 0 spiro atoms. The van der Waals surface area contributed by atoms with Gasteiger partial charge in [0.15, 0.2) is 11.5 Å². The molecule has 39 heavy (non-hydrogen) atoms. The van der Waals surface area contributed by atoms with E-state index in [9.17, 15) is 5.26 Å². The van der Waals surface area contributed by atoms with Crippen LogP contribution in [-0.2, 0) is 0 Å². The summed E-state index contributed by atoms with van der Waals surface area (Å²) >= 11 is 14.9. The van der Waals surface area contributed by atoms with Crippen molar-refractivity contribution in [2.24, 2.45) is 11.5 Å². The summed E-state index contributed by atoms with van der Waals surface area (Å²) in [5, 5.41) is 22.9. The Bertz CT molecular complexity index is 1430. The quantitative estimate of drug-likeness (QED) is 0.129. The first-order valence-electron chi connectivity index (χ1n) is 11.7. The van der Waals surface area contributed by atoms with Crippen molar-refractivity contribution < 1.29 is 9.47 Å². The van der Waals surface area contributed by atoms with Crippen molar-refractivity contribution in [3.8, 4) is 17.6 Å². The fourth-order valence-corrected chi connectivity index (χ4v) is 6.16. The highest BCUT2D eigenvalue weighted by atomic mass is 127. The van der Waals surface area contributed by atoms with Crippen LogP contribution in [-0.4, -0.2) is 48.0 Å². The van der Waals surface area contributed by atoms with Crippen LogP contribution in [0.15, 0.2) is 36.8 Å². The fraction of sp³-hybridized carbons (Fsp3) is 0.280. The van der Waals surface area contributed by atoms with E-state index in [0.29, 0.717) is 81.3 Å². The summed E-state index contributed by atoms with van der Waals surface area (Å²) in [6, 6.07) is 7.35. The van der Waals surface area contributed by atoms with Crippen molar-refractivity contribution in [1.29, 1.82) is 10.7 Å². The highest BCUT2D eigenvalue weighted by molar-refractivity contribution is 14.2. The Kier molecular flexibility index (Phi) is 9.37. The number of benzene rings is 1. The number of methoxy groups -OCH3 is 1. The van der Waals surface area contributed by atoms with Gasteiger partial charge in [-0.05, 0) is 41.1 Å². The van der Waals surface area contributed by atoms with Gasteiger partial charge in [-0.25, -0.2) is 4.98 Å². The first kappa shape index (κ1) is 29.5. The van der Waals surface area contributed by atoms with Gasteiger partial charge in [0.25, 0.3) is 0 Å². The second kappa shape index (κ2) is 12.4. The molecule has 1 aliphatic heterocycles. The molecule has 0 amide bonds. The lowest BCUT2D eigenvalue weighted by molar-refractivity contribution is 0.216. The number of rotatable bonds is 10. The molecule has 2 atom stereocenters. The summed E-state index contributed by atoms with van der Waals surface area (Å²) in [6.45, 7) is 3.18. The molecule has 3 heterocycles. The zero-order chi connectivity index (χ0) is 28.3. The van der Waals surface area contributed by atoms with Gasteiger partial charge in [-0.1, -0.05) is 23.2 Å². The summed E-state index contributed by atoms with van der Waals surface area (Å²) in [4.78, 5) is 10.4. The molecule has 204 valence electrons. The fourth-order valence-electron chi connectivity index (χ4n) is 4.31. The smallest absolute Gasteiger partial charge is 0.162 e. The average Bonchev–Trinajstić information content (AvgIpc) is 2.91. The Morgan fingerprint density at radius 3 is 2.56 bits per heavy atom. The number of anilines is 2. The summed E-state index contributed by atoms with van der Waals surface area (Å²) in [5.41, 5.74) is 14.2. The molecule has 10 nitrogen and oxygen atoms in total. The minimum Gasteiger partial charge on any atom is -0.493 e. The molecule has 2 aromatic heterocycles. The van der Waals surface area contributed by atoms with Gasteiger partial charge in [0.2, 0.25) is 0 Å². The highest BCUT2D eigenvalue weighted by Crippen LogP contribution is 2.41. The molecule has 1 saturated heterocycles. The van der Waals surface area contributed by atoms with Crippen LogP contribution in [0.3, 0.4) is 0 Å². The lowest BCUT2D eigenvalue weighted by Crippen LogP contribution is -2.71. The van der Waals surface area contributed by atoms with Crippen LogP contribution in [0.5, 0.6) is 11.5 Å². The summed E-state index contributed by atoms with van der Waals surface area (Å²) in [6.07, 6.45) is 4.37. The van der Waals surface area contributed by atoms with Crippen LogP contribution in [0.25, 0.3) is 0 Å². The van der Waals surface area contributed by atoms with E-state index in [0.717, 1.165) is 0 Å². The molecule has 0 bridgehead atoms. The van der Waals surface area contributed by atoms with Crippen LogP contribution in [0.1, 0.15) is 35.3 Å². The topological polar surface area (TPSA) is 159 Å². The maximum atomic E-state index is 9.84. The monoisotopic (exact) mass is 698 g/mol. The highest BCUT2D eigenvalue weighted by Gasteiger charge is 2.40. The average molecular weight is 699 g/mol. The molecule has 0 aliphatic carbocycles. The summed E-state index contributed by atoms with van der Waals surface area (Å²) in [5.74, 6) is 1.38. The van der Waals surface area contributed by atoms with E-state index in [4.69, 9.17) is 49.6 Å². The van der Waals surface area contributed by atoms with Crippen LogP contribution in [0.4, 0.5) is 11.5 Å². The molecule has 0 saturated carbocycles. The molecule has 6 N–H and O–H groups in total. The molecule has 4 rings (SSSR count). The third-order valence-electron chi connectivity index (χ3n) is 6.35. The van der Waals surface area contributed by atoms with E-state index < -0.39 is 11.6 Å². The van der Waals surface area contributed by atoms with Gasteiger partial charge in [-0.15, -0.1) is 0 Å². The minimum absolute atomic E-state index is 0.154. The maximum Gasteiger partial charge on any atom is 0.162 e. The molecule has 1 fully saturated rings. The van der Waals surface area contributed by atoms with Gasteiger partial charge < -0.3 is 30.9 Å².